The molecule has 2 rings (SSSR count). The number of amides is 2. The quantitative estimate of drug-likeness (QED) is 0.603. The lowest BCUT2D eigenvalue weighted by Crippen LogP contribution is -2.34. The molecule has 0 aliphatic rings. The number of benzene rings is 1. The minimum Gasteiger partial charge on any atom is -0.469 e. The number of rotatable bonds is 10. The fraction of sp³-hybridized carbons (Fsp3) is 0.333. The van der Waals surface area contributed by atoms with Crippen molar-refractivity contribution in [1.82, 2.24) is 5.32 Å². The van der Waals surface area contributed by atoms with E-state index >= 15 is 0 Å². The van der Waals surface area contributed by atoms with Crippen LogP contribution in [0.25, 0.3) is 0 Å². The highest BCUT2D eigenvalue weighted by Gasteiger charge is 2.21. The number of anilines is 1. The van der Waals surface area contributed by atoms with Crippen molar-refractivity contribution < 1.29 is 19.1 Å². The van der Waals surface area contributed by atoms with Gasteiger partial charge in [-0.15, -0.1) is 11.3 Å². The Kier molecular flexibility index (Phi) is 8.86. The Bertz CT molecular complexity index is 847. The molecule has 0 aliphatic heterocycles. The van der Waals surface area contributed by atoms with Crippen LogP contribution < -0.4 is 10.2 Å². The number of nitriles is 1. The minimum atomic E-state index is -0.492. The average molecular weight is 413 g/mol. The smallest absolute Gasteiger partial charge is 0.307 e. The molecule has 152 valence electrons. The molecular weight excluding hydrogens is 390 g/mol. The molecule has 0 aliphatic carbocycles. The van der Waals surface area contributed by atoms with Crippen molar-refractivity contribution in [2.45, 2.75) is 31.7 Å². The van der Waals surface area contributed by atoms with E-state index in [-0.39, 0.29) is 44.0 Å². The Morgan fingerprint density at radius 3 is 2.55 bits per heavy atom. The number of ether oxygens (including phenoxy) is 1. The van der Waals surface area contributed by atoms with E-state index in [1.807, 2.05) is 41.8 Å². The van der Waals surface area contributed by atoms with Gasteiger partial charge in [0.25, 0.3) is 0 Å². The molecule has 0 radical (unpaired) electrons. The summed E-state index contributed by atoms with van der Waals surface area (Å²) in [5.41, 5.74) is 0.690. The van der Waals surface area contributed by atoms with Crippen molar-refractivity contribution in [3.05, 3.63) is 52.7 Å². The number of hydrogen-bond donors (Lipinski definition) is 1. The van der Waals surface area contributed by atoms with Gasteiger partial charge in [-0.1, -0.05) is 24.3 Å². The Morgan fingerprint density at radius 2 is 1.93 bits per heavy atom. The molecule has 0 spiro atoms. The Hall–Kier alpha value is -3.18. The van der Waals surface area contributed by atoms with Crippen LogP contribution in [0.4, 0.5) is 5.69 Å². The molecule has 1 aromatic heterocycles. The predicted molar refractivity (Wildman–Crippen MR) is 110 cm³/mol. The van der Waals surface area contributed by atoms with E-state index in [0.29, 0.717) is 5.69 Å². The Balaban J connectivity index is 1.97. The zero-order valence-corrected chi connectivity index (χ0v) is 17.0. The second-order valence-corrected chi connectivity index (χ2v) is 7.18. The van der Waals surface area contributed by atoms with E-state index in [2.05, 4.69) is 5.32 Å². The molecule has 1 atom stereocenters. The average Bonchev–Trinajstić information content (AvgIpc) is 3.27. The summed E-state index contributed by atoms with van der Waals surface area (Å²) in [6.45, 7) is 0.265. The maximum Gasteiger partial charge on any atom is 0.307 e. The van der Waals surface area contributed by atoms with Crippen LogP contribution in [0.15, 0.2) is 47.8 Å². The van der Waals surface area contributed by atoms with Crippen molar-refractivity contribution >= 4 is 34.8 Å². The van der Waals surface area contributed by atoms with Gasteiger partial charge in [-0.25, -0.2) is 0 Å². The molecule has 1 N–H and O–H groups in total. The summed E-state index contributed by atoms with van der Waals surface area (Å²) in [4.78, 5) is 39.1. The Labute approximate surface area is 173 Å². The lowest BCUT2D eigenvalue weighted by atomic mass is 10.1. The highest BCUT2D eigenvalue weighted by atomic mass is 32.1. The predicted octanol–water partition coefficient (Wildman–Crippen LogP) is 3.20. The first kappa shape index (κ1) is 22.1. The first-order chi connectivity index (χ1) is 14.0. The molecule has 1 heterocycles. The summed E-state index contributed by atoms with van der Waals surface area (Å²) >= 11 is 1.43. The molecule has 0 saturated carbocycles. The third kappa shape index (κ3) is 7.05. The van der Waals surface area contributed by atoms with Crippen LogP contribution in [0.1, 0.15) is 36.6 Å². The van der Waals surface area contributed by atoms with Crippen molar-refractivity contribution in [3.63, 3.8) is 0 Å². The lowest BCUT2D eigenvalue weighted by Gasteiger charge is -2.22. The fourth-order valence-electron chi connectivity index (χ4n) is 2.75. The van der Waals surface area contributed by atoms with Crippen LogP contribution in [-0.4, -0.2) is 31.4 Å². The van der Waals surface area contributed by atoms with Crippen LogP contribution in [0.3, 0.4) is 0 Å². The van der Waals surface area contributed by atoms with Crippen LogP contribution >= 0.6 is 11.3 Å². The van der Waals surface area contributed by atoms with Gasteiger partial charge < -0.3 is 15.0 Å². The van der Waals surface area contributed by atoms with Gasteiger partial charge in [0, 0.05) is 30.0 Å². The van der Waals surface area contributed by atoms with E-state index in [1.54, 1.807) is 12.1 Å². The summed E-state index contributed by atoms with van der Waals surface area (Å²) in [5, 5.41) is 13.5. The minimum absolute atomic E-state index is 0.00153. The van der Waals surface area contributed by atoms with Gasteiger partial charge in [-0.05, 0) is 23.6 Å². The topological polar surface area (TPSA) is 99.5 Å². The van der Waals surface area contributed by atoms with Gasteiger partial charge in [-0.3, -0.25) is 14.4 Å². The number of nitrogens with zero attached hydrogens (tertiary/aromatic N) is 2. The van der Waals surface area contributed by atoms with E-state index in [9.17, 15) is 14.4 Å². The number of esters is 1. The number of thiophene rings is 1. The molecule has 1 unspecified atom stereocenters. The summed E-state index contributed by atoms with van der Waals surface area (Å²) in [6.07, 6.45) is 0.209. The maximum atomic E-state index is 12.7. The first-order valence-electron chi connectivity index (χ1n) is 9.17. The standard InChI is InChI=1S/C21H23N3O4S/c1-28-21(27)15-17(18-9-5-14-29-18)23-19(25)10-11-20(26)24(13-6-12-22)16-7-3-2-4-8-16/h2-5,7-9,14,17H,6,10-11,13,15H2,1H3,(H,23,25). The monoisotopic (exact) mass is 413 g/mol. The molecule has 0 fully saturated rings. The zero-order valence-electron chi connectivity index (χ0n) is 16.2. The summed E-state index contributed by atoms with van der Waals surface area (Å²) in [5.74, 6) is -0.984. The number of methoxy groups -OCH3 is 1. The van der Waals surface area contributed by atoms with Crippen LogP contribution in [0.2, 0.25) is 0 Å². The molecule has 0 saturated heterocycles. The SMILES string of the molecule is COC(=O)CC(NC(=O)CCC(=O)N(CCC#N)c1ccccc1)c1cccs1. The highest BCUT2D eigenvalue weighted by Crippen LogP contribution is 2.23. The van der Waals surface area contributed by atoms with Crippen LogP contribution in [0.5, 0.6) is 0 Å². The lowest BCUT2D eigenvalue weighted by molar-refractivity contribution is -0.141. The van der Waals surface area contributed by atoms with Gasteiger partial charge in [0.15, 0.2) is 0 Å². The molecule has 1 aromatic carbocycles. The second-order valence-electron chi connectivity index (χ2n) is 6.20. The van der Waals surface area contributed by atoms with Gasteiger partial charge in [0.05, 0.1) is 32.1 Å². The number of hydrogen-bond acceptors (Lipinski definition) is 6. The third-order valence-corrected chi connectivity index (χ3v) is 5.19. The summed E-state index contributed by atoms with van der Waals surface area (Å²) < 4.78 is 4.70. The van der Waals surface area contributed by atoms with Crippen LogP contribution in [-0.2, 0) is 19.1 Å². The molecule has 7 nitrogen and oxygen atoms in total. The zero-order chi connectivity index (χ0) is 21.1. The summed E-state index contributed by atoms with van der Waals surface area (Å²) in [7, 11) is 1.30. The Morgan fingerprint density at radius 1 is 1.17 bits per heavy atom. The van der Waals surface area contributed by atoms with Gasteiger partial charge >= 0.3 is 5.97 Å². The van der Waals surface area contributed by atoms with Gasteiger partial charge in [0.1, 0.15) is 0 Å². The van der Waals surface area contributed by atoms with Gasteiger partial charge in [-0.2, -0.15) is 5.26 Å². The largest absolute Gasteiger partial charge is 0.469 e. The van der Waals surface area contributed by atoms with E-state index < -0.39 is 12.0 Å². The van der Waals surface area contributed by atoms with E-state index in [0.717, 1.165) is 4.88 Å². The van der Waals surface area contributed by atoms with E-state index in [4.69, 9.17) is 10.00 Å². The number of para-hydroxylation sites is 1. The van der Waals surface area contributed by atoms with Crippen LogP contribution in [0, 0.1) is 11.3 Å². The van der Waals surface area contributed by atoms with Crippen molar-refractivity contribution in [2.75, 3.05) is 18.6 Å². The van der Waals surface area contributed by atoms with Gasteiger partial charge in [0.2, 0.25) is 11.8 Å². The molecule has 8 heteroatoms. The molecule has 2 amide bonds. The van der Waals surface area contributed by atoms with Crippen molar-refractivity contribution in [1.29, 1.82) is 5.26 Å². The van der Waals surface area contributed by atoms with E-state index in [1.165, 1.54) is 23.3 Å². The normalized spacial score (nSPS) is 11.2. The molecule has 0 bridgehead atoms. The third-order valence-electron chi connectivity index (χ3n) is 4.20. The number of nitrogens with one attached hydrogen (secondary N) is 1. The fourth-order valence-corrected chi connectivity index (χ4v) is 3.53. The second kappa shape index (κ2) is 11.6. The highest BCUT2D eigenvalue weighted by molar-refractivity contribution is 7.10. The molecule has 2 aromatic rings. The van der Waals surface area contributed by atoms with Crippen molar-refractivity contribution in [2.24, 2.45) is 0 Å². The molecule has 29 heavy (non-hydrogen) atoms. The first-order valence-corrected chi connectivity index (χ1v) is 10.0. The maximum absolute atomic E-state index is 12.7. The number of carbonyl (C=O) groups is 3. The summed E-state index contributed by atoms with van der Waals surface area (Å²) in [6, 6.07) is 14.3. The van der Waals surface area contributed by atoms with Crippen molar-refractivity contribution in [3.8, 4) is 6.07 Å². The number of carbonyl (C=O) groups excluding carboxylic acids is 3. The molecular formula is C21H23N3O4S.